The van der Waals surface area contributed by atoms with Gasteiger partial charge in [0.25, 0.3) is 5.91 Å². The molecule has 0 saturated carbocycles. The number of aromatic nitrogens is 3. The Morgan fingerprint density at radius 1 is 1.21 bits per heavy atom. The van der Waals surface area contributed by atoms with Crippen LogP contribution in [0.15, 0.2) is 24.3 Å². The van der Waals surface area contributed by atoms with Gasteiger partial charge in [-0.25, -0.2) is 9.67 Å². The van der Waals surface area contributed by atoms with E-state index in [1.54, 1.807) is 29.9 Å². The number of fused-ring (bicyclic) bond motifs is 1. The van der Waals surface area contributed by atoms with Gasteiger partial charge >= 0.3 is 0 Å². The zero-order chi connectivity index (χ0) is 20.4. The molecular weight excluding hydrogens is 382 g/mol. The number of halogens is 1. The molecule has 0 aliphatic rings. The standard InChI is InChI=1S/C19H20ClN5O3/c1-10-7-11(2)21-18-17(10)19(24-25(18)4)28-9-16(27)23-15-6-5-13(8-14(15)20)22-12(3)26/h5-8H,9H2,1-4H3,(H,22,26)(H,23,27). The Bertz CT molecular complexity index is 1080. The van der Waals surface area contributed by atoms with Gasteiger partial charge in [0.15, 0.2) is 12.3 Å². The van der Waals surface area contributed by atoms with Gasteiger partial charge in [-0.2, -0.15) is 0 Å². The molecule has 0 radical (unpaired) electrons. The van der Waals surface area contributed by atoms with E-state index in [2.05, 4.69) is 20.7 Å². The second-order valence-electron chi connectivity index (χ2n) is 6.42. The second-order valence-corrected chi connectivity index (χ2v) is 6.83. The fraction of sp³-hybridized carbons (Fsp3) is 0.263. The predicted molar refractivity (Wildman–Crippen MR) is 108 cm³/mol. The number of carbonyl (C=O) groups is 2. The Balaban J connectivity index is 1.70. The number of hydrogen-bond donors (Lipinski definition) is 2. The molecule has 3 aromatic rings. The van der Waals surface area contributed by atoms with Crippen LogP contribution in [0.2, 0.25) is 5.02 Å². The van der Waals surface area contributed by atoms with Gasteiger partial charge in [-0.3, -0.25) is 9.59 Å². The van der Waals surface area contributed by atoms with E-state index >= 15 is 0 Å². The first-order valence-corrected chi connectivity index (χ1v) is 8.93. The van der Waals surface area contributed by atoms with Gasteiger partial charge in [-0.05, 0) is 43.7 Å². The highest BCUT2D eigenvalue weighted by molar-refractivity contribution is 6.34. The number of carbonyl (C=O) groups excluding carboxylic acids is 2. The van der Waals surface area contributed by atoms with Crippen LogP contribution in [0.4, 0.5) is 11.4 Å². The van der Waals surface area contributed by atoms with Gasteiger partial charge in [0.05, 0.1) is 16.1 Å². The number of benzene rings is 1. The highest BCUT2D eigenvalue weighted by Crippen LogP contribution is 2.28. The number of nitrogens with zero attached hydrogens (tertiary/aromatic N) is 3. The lowest BCUT2D eigenvalue weighted by Crippen LogP contribution is -2.20. The van der Waals surface area contributed by atoms with Gasteiger partial charge < -0.3 is 15.4 Å². The van der Waals surface area contributed by atoms with Crippen molar-refractivity contribution in [1.29, 1.82) is 0 Å². The summed E-state index contributed by atoms with van der Waals surface area (Å²) >= 11 is 6.16. The van der Waals surface area contributed by atoms with Crippen LogP contribution in [-0.2, 0) is 16.6 Å². The molecule has 0 spiro atoms. The van der Waals surface area contributed by atoms with Gasteiger partial charge in [-0.15, -0.1) is 5.10 Å². The summed E-state index contributed by atoms with van der Waals surface area (Å²) in [4.78, 5) is 27.8. The van der Waals surface area contributed by atoms with Crippen LogP contribution >= 0.6 is 11.6 Å². The minimum absolute atomic E-state index is 0.205. The lowest BCUT2D eigenvalue weighted by atomic mass is 10.2. The molecule has 146 valence electrons. The van der Waals surface area contributed by atoms with Crippen LogP contribution in [0, 0.1) is 13.8 Å². The van der Waals surface area contributed by atoms with E-state index in [-0.39, 0.29) is 18.4 Å². The molecule has 0 saturated heterocycles. The summed E-state index contributed by atoms with van der Waals surface area (Å²) in [7, 11) is 1.78. The minimum Gasteiger partial charge on any atom is -0.466 e. The fourth-order valence-electron chi connectivity index (χ4n) is 2.87. The van der Waals surface area contributed by atoms with Crippen molar-refractivity contribution in [2.45, 2.75) is 20.8 Å². The summed E-state index contributed by atoms with van der Waals surface area (Å²) in [5, 5.41) is 10.7. The first-order chi connectivity index (χ1) is 13.2. The number of pyridine rings is 1. The van der Waals surface area contributed by atoms with E-state index in [4.69, 9.17) is 16.3 Å². The van der Waals surface area contributed by atoms with Crippen LogP contribution < -0.4 is 15.4 Å². The van der Waals surface area contributed by atoms with Crippen molar-refractivity contribution < 1.29 is 14.3 Å². The number of rotatable bonds is 5. The van der Waals surface area contributed by atoms with Crippen molar-refractivity contribution in [2.24, 2.45) is 7.05 Å². The predicted octanol–water partition coefficient (Wildman–Crippen LogP) is 3.21. The van der Waals surface area contributed by atoms with E-state index in [0.717, 1.165) is 16.6 Å². The number of amides is 2. The second kappa shape index (κ2) is 7.85. The maximum Gasteiger partial charge on any atom is 0.262 e. The molecule has 0 atom stereocenters. The zero-order valence-electron chi connectivity index (χ0n) is 16.0. The smallest absolute Gasteiger partial charge is 0.262 e. The highest BCUT2D eigenvalue weighted by Gasteiger charge is 2.16. The van der Waals surface area contributed by atoms with Crippen molar-refractivity contribution in [3.63, 3.8) is 0 Å². The molecule has 28 heavy (non-hydrogen) atoms. The van der Waals surface area contributed by atoms with Gasteiger partial charge in [-0.1, -0.05) is 11.6 Å². The molecule has 1 aromatic carbocycles. The number of hydrogen-bond acceptors (Lipinski definition) is 5. The van der Waals surface area contributed by atoms with E-state index < -0.39 is 0 Å². The van der Waals surface area contributed by atoms with Crippen LogP contribution in [0.3, 0.4) is 0 Å². The van der Waals surface area contributed by atoms with Crippen LogP contribution in [0.1, 0.15) is 18.2 Å². The topological polar surface area (TPSA) is 98.1 Å². The van der Waals surface area contributed by atoms with Crippen molar-refractivity contribution in [1.82, 2.24) is 14.8 Å². The molecule has 2 heterocycles. The molecule has 2 N–H and O–H groups in total. The van der Waals surface area contributed by atoms with Gasteiger partial charge in [0, 0.05) is 25.4 Å². The van der Waals surface area contributed by atoms with E-state index in [9.17, 15) is 9.59 Å². The Morgan fingerprint density at radius 3 is 2.64 bits per heavy atom. The molecule has 3 rings (SSSR count). The molecule has 0 unspecified atom stereocenters. The summed E-state index contributed by atoms with van der Waals surface area (Å²) in [6.07, 6.45) is 0. The molecule has 0 aliphatic heterocycles. The molecule has 9 heteroatoms. The van der Waals surface area contributed by atoms with Crippen molar-refractivity contribution in [3.8, 4) is 5.88 Å². The summed E-state index contributed by atoms with van der Waals surface area (Å²) < 4.78 is 7.25. The van der Waals surface area contributed by atoms with Crippen LogP contribution in [-0.4, -0.2) is 33.2 Å². The average molecular weight is 402 g/mol. The summed E-state index contributed by atoms with van der Waals surface area (Å²) in [5.74, 6) is -0.237. The number of nitrogens with one attached hydrogen (secondary N) is 2. The summed E-state index contributed by atoms with van der Waals surface area (Å²) in [6.45, 7) is 5.03. The maximum atomic E-state index is 12.3. The molecule has 0 fully saturated rings. The summed E-state index contributed by atoms with van der Waals surface area (Å²) in [5.41, 5.74) is 3.52. The fourth-order valence-corrected chi connectivity index (χ4v) is 3.10. The first kappa shape index (κ1) is 19.6. The highest BCUT2D eigenvalue weighted by atomic mass is 35.5. The number of anilines is 2. The Morgan fingerprint density at radius 2 is 1.96 bits per heavy atom. The van der Waals surface area contributed by atoms with E-state index in [0.29, 0.717) is 27.9 Å². The summed E-state index contributed by atoms with van der Waals surface area (Å²) in [6, 6.07) is 6.75. The molecule has 2 amide bonds. The third-order valence-electron chi connectivity index (χ3n) is 3.99. The van der Waals surface area contributed by atoms with Crippen LogP contribution in [0.5, 0.6) is 5.88 Å². The van der Waals surface area contributed by atoms with E-state index in [1.807, 2.05) is 19.9 Å². The monoisotopic (exact) mass is 401 g/mol. The molecule has 0 aliphatic carbocycles. The van der Waals surface area contributed by atoms with Gasteiger partial charge in [0.1, 0.15) is 0 Å². The molecule has 2 aromatic heterocycles. The SMILES string of the molecule is CC(=O)Nc1ccc(NC(=O)COc2nn(C)c3nc(C)cc(C)c23)c(Cl)c1. The molecular formula is C19H20ClN5O3. The average Bonchev–Trinajstić information content (AvgIpc) is 2.91. The Hall–Kier alpha value is -3.13. The molecule has 0 bridgehead atoms. The quantitative estimate of drug-likeness (QED) is 0.684. The normalized spacial score (nSPS) is 10.8. The lowest BCUT2D eigenvalue weighted by Gasteiger charge is -2.10. The Labute approximate surface area is 166 Å². The van der Waals surface area contributed by atoms with Crippen molar-refractivity contribution >= 4 is 45.8 Å². The van der Waals surface area contributed by atoms with E-state index in [1.165, 1.54) is 6.92 Å². The largest absolute Gasteiger partial charge is 0.466 e. The number of ether oxygens (including phenoxy) is 1. The lowest BCUT2D eigenvalue weighted by molar-refractivity contribution is -0.118. The minimum atomic E-state index is -0.384. The third kappa shape index (κ3) is 4.23. The third-order valence-corrected chi connectivity index (χ3v) is 4.30. The van der Waals surface area contributed by atoms with Crippen LogP contribution in [0.25, 0.3) is 11.0 Å². The van der Waals surface area contributed by atoms with Crippen molar-refractivity contribution in [2.75, 3.05) is 17.2 Å². The van der Waals surface area contributed by atoms with Gasteiger partial charge in [0.2, 0.25) is 11.8 Å². The first-order valence-electron chi connectivity index (χ1n) is 8.55. The molecule has 8 nitrogen and oxygen atoms in total. The number of aryl methyl sites for hydroxylation is 3. The maximum absolute atomic E-state index is 12.3. The van der Waals surface area contributed by atoms with Crippen molar-refractivity contribution in [3.05, 3.63) is 40.5 Å². The zero-order valence-corrected chi connectivity index (χ0v) is 16.7. The Kier molecular flexibility index (Phi) is 5.51.